The molecule has 202 valence electrons. The van der Waals surface area contributed by atoms with Gasteiger partial charge in [-0.15, -0.1) is 0 Å². The van der Waals surface area contributed by atoms with Gasteiger partial charge in [0.2, 0.25) is 5.91 Å². The molecule has 1 aliphatic heterocycles. The smallest absolute Gasteiger partial charge is 0.251 e. The number of nitrogens with one attached hydrogen (secondary N) is 2. The molecule has 0 bridgehead atoms. The summed E-state index contributed by atoms with van der Waals surface area (Å²) in [5, 5.41) is 6.62. The van der Waals surface area contributed by atoms with Gasteiger partial charge in [0.15, 0.2) is 0 Å². The molecule has 4 fully saturated rings. The molecule has 2 aromatic rings. The molecule has 6 rings (SSSR count). The molecule has 1 saturated heterocycles. The molecule has 0 radical (unpaired) electrons. The van der Waals surface area contributed by atoms with E-state index in [1.54, 1.807) is 0 Å². The second-order valence-electron chi connectivity index (χ2n) is 12.9. The monoisotopic (exact) mass is 514 g/mol. The number of carbonyl (C=O) groups excluding carboxylic acids is 2. The van der Waals surface area contributed by atoms with Crippen molar-refractivity contribution in [2.24, 2.45) is 34.5 Å². The first-order chi connectivity index (χ1) is 18.4. The van der Waals surface area contributed by atoms with E-state index in [1.807, 2.05) is 54.6 Å². The Morgan fingerprint density at radius 1 is 0.921 bits per heavy atom. The third kappa shape index (κ3) is 4.52. The Morgan fingerprint density at radius 2 is 1.68 bits per heavy atom. The number of amides is 2. The Bertz CT molecular complexity index is 1160. The van der Waals surface area contributed by atoms with Crippen LogP contribution >= 0.6 is 0 Å². The van der Waals surface area contributed by atoms with Crippen LogP contribution in [0.25, 0.3) is 0 Å². The van der Waals surface area contributed by atoms with E-state index in [2.05, 4.69) is 24.5 Å². The highest BCUT2D eigenvalue weighted by molar-refractivity contribution is 5.94. The Labute approximate surface area is 227 Å². The molecule has 3 aliphatic carbocycles. The number of carbonyl (C=O) groups is 2. The van der Waals surface area contributed by atoms with E-state index in [-0.39, 0.29) is 17.2 Å². The summed E-state index contributed by atoms with van der Waals surface area (Å²) in [6, 6.07) is 18.0. The van der Waals surface area contributed by atoms with Crippen molar-refractivity contribution in [3.8, 4) is 5.75 Å². The van der Waals surface area contributed by atoms with Gasteiger partial charge in [-0.05, 0) is 109 Å². The first-order valence-corrected chi connectivity index (χ1v) is 14.7. The van der Waals surface area contributed by atoms with Crippen LogP contribution in [-0.4, -0.2) is 24.4 Å². The quantitative estimate of drug-likeness (QED) is 0.487. The van der Waals surface area contributed by atoms with Crippen LogP contribution in [0.4, 0.5) is 0 Å². The van der Waals surface area contributed by atoms with Crippen molar-refractivity contribution >= 4 is 11.8 Å². The summed E-state index contributed by atoms with van der Waals surface area (Å²) in [5.74, 6) is 3.77. The highest BCUT2D eigenvalue weighted by atomic mass is 16.5. The van der Waals surface area contributed by atoms with E-state index in [9.17, 15) is 9.59 Å². The fourth-order valence-corrected chi connectivity index (χ4v) is 8.91. The predicted molar refractivity (Wildman–Crippen MR) is 149 cm³/mol. The number of hydrogen-bond acceptors (Lipinski definition) is 3. The minimum atomic E-state index is 0.00584. The van der Waals surface area contributed by atoms with Crippen molar-refractivity contribution < 1.29 is 14.3 Å². The van der Waals surface area contributed by atoms with Gasteiger partial charge in [-0.1, -0.05) is 44.2 Å². The van der Waals surface area contributed by atoms with Crippen molar-refractivity contribution in [1.82, 2.24) is 10.6 Å². The third-order valence-electron chi connectivity index (χ3n) is 11.2. The first kappa shape index (κ1) is 25.5. The van der Waals surface area contributed by atoms with Gasteiger partial charge in [-0.3, -0.25) is 9.59 Å². The van der Waals surface area contributed by atoms with Crippen LogP contribution in [0.5, 0.6) is 5.75 Å². The molecule has 5 heteroatoms. The average molecular weight is 515 g/mol. The maximum absolute atomic E-state index is 13.0. The summed E-state index contributed by atoms with van der Waals surface area (Å²) in [5.41, 5.74) is 2.36. The van der Waals surface area contributed by atoms with E-state index in [0.29, 0.717) is 36.0 Å². The lowest BCUT2D eigenvalue weighted by molar-refractivity contribution is -0.136. The van der Waals surface area contributed by atoms with E-state index < -0.39 is 0 Å². The van der Waals surface area contributed by atoms with Crippen molar-refractivity contribution in [1.29, 1.82) is 0 Å². The fourth-order valence-electron chi connectivity index (χ4n) is 8.91. The highest BCUT2D eigenvalue weighted by Gasteiger charge is 2.60. The van der Waals surface area contributed by atoms with Crippen LogP contribution in [0, 0.1) is 34.5 Å². The number of ether oxygens (including phenoxy) is 1. The van der Waals surface area contributed by atoms with E-state index >= 15 is 0 Å². The highest BCUT2D eigenvalue weighted by Crippen LogP contribution is 2.65. The minimum absolute atomic E-state index is 0.00584. The largest absolute Gasteiger partial charge is 0.489 e. The number of hydrogen-bond donors (Lipinski definition) is 2. The van der Waals surface area contributed by atoms with Gasteiger partial charge in [-0.25, -0.2) is 0 Å². The summed E-state index contributed by atoms with van der Waals surface area (Å²) in [7, 11) is 0. The van der Waals surface area contributed by atoms with Crippen molar-refractivity contribution in [3.63, 3.8) is 0 Å². The molecule has 38 heavy (non-hydrogen) atoms. The Morgan fingerprint density at radius 3 is 2.47 bits per heavy atom. The van der Waals surface area contributed by atoms with Crippen LogP contribution < -0.4 is 15.4 Å². The van der Waals surface area contributed by atoms with Crippen LogP contribution in [0.2, 0.25) is 0 Å². The molecular weight excluding hydrogens is 472 g/mol. The minimum Gasteiger partial charge on any atom is -0.489 e. The average Bonchev–Trinajstić information content (AvgIpc) is 3.28. The molecule has 7 atom stereocenters. The normalized spacial score (nSPS) is 35.8. The zero-order valence-electron chi connectivity index (χ0n) is 22.9. The van der Waals surface area contributed by atoms with Gasteiger partial charge in [0.1, 0.15) is 12.4 Å². The lowest BCUT2D eigenvalue weighted by atomic mass is 9.47. The van der Waals surface area contributed by atoms with Gasteiger partial charge in [-0.2, -0.15) is 0 Å². The predicted octanol–water partition coefficient (Wildman–Crippen LogP) is 6.13. The lowest BCUT2D eigenvalue weighted by Crippen LogP contribution is -2.61. The second kappa shape index (κ2) is 10.1. The molecule has 0 aromatic heterocycles. The molecule has 0 spiro atoms. The zero-order chi connectivity index (χ0) is 26.3. The van der Waals surface area contributed by atoms with Crippen LogP contribution in [0.15, 0.2) is 54.6 Å². The Hall–Kier alpha value is -2.82. The van der Waals surface area contributed by atoms with Gasteiger partial charge < -0.3 is 15.4 Å². The fraction of sp³-hybridized carbons (Fsp3) is 0.576. The molecule has 2 unspecified atom stereocenters. The Balaban J connectivity index is 1.05. The van der Waals surface area contributed by atoms with Crippen molar-refractivity contribution in [3.05, 3.63) is 65.7 Å². The first-order valence-electron chi connectivity index (χ1n) is 14.7. The molecule has 3 saturated carbocycles. The van der Waals surface area contributed by atoms with Gasteiger partial charge >= 0.3 is 0 Å². The molecular formula is C33H42N2O3. The zero-order valence-corrected chi connectivity index (χ0v) is 22.9. The molecule has 4 aliphatic rings. The van der Waals surface area contributed by atoms with E-state index in [0.717, 1.165) is 48.5 Å². The standard InChI is InChI=1S/C33H42N2O3/c1-32-18-16-28-26(13-15-29-33(28,2)19-17-30(36)35-29)27(32)14-10-24(32)20-34-31(37)23-8-11-25(12-9-23)38-21-22-6-4-3-5-7-22/h3-9,11-12,24,26-29H,10,13-21H2,1-2H3,(H,34,37)(H,35,36)/t24?,26-,27-,28+,29?,32+,33+/m0/s1. The number of benzene rings is 2. The van der Waals surface area contributed by atoms with Crippen LogP contribution in [-0.2, 0) is 11.4 Å². The SMILES string of the molecule is C[C@]12CCC(=O)NC1CC[C@@H]1[C@H]2CC[C@]2(C)C(CNC(=O)c3ccc(OCc4ccccc4)cc3)CC[C@@H]12. The summed E-state index contributed by atoms with van der Waals surface area (Å²) in [4.78, 5) is 25.1. The van der Waals surface area contributed by atoms with Gasteiger partial charge in [0, 0.05) is 24.6 Å². The molecule has 2 aromatic carbocycles. The maximum atomic E-state index is 13.0. The summed E-state index contributed by atoms with van der Waals surface area (Å²) in [6.07, 6.45) is 9.08. The molecule has 1 heterocycles. The van der Waals surface area contributed by atoms with Crippen LogP contribution in [0.1, 0.15) is 81.1 Å². The third-order valence-corrected chi connectivity index (χ3v) is 11.2. The van der Waals surface area contributed by atoms with Gasteiger partial charge in [0.25, 0.3) is 5.91 Å². The molecule has 5 nitrogen and oxygen atoms in total. The number of piperidine rings is 1. The molecule has 2 amide bonds. The number of rotatable bonds is 6. The van der Waals surface area contributed by atoms with Gasteiger partial charge in [0.05, 0.1) is 0 Å². The van der Waals surface area contributed by atoms with E-state index in [4.69, 9.17) is 4.74 Å². The maximum Gasteiger partial charge on any atom is 0.251 e. The van der Waals surface area contributed by atoms with Crippen molar-refractivity contribution in [2.45, 2.75) is 77.9 Å². The topological polar surface area (TPSA) is 67.4 Å². The Kier molecular flexibility index (Phi) is 6.74. The second-order valence-corrected chi connectivity index (χ2v) is 12.9. The van der Waals surface area contributed by atoms with Crippen LogP contribution in [0.3, 0.4) is 0 Å². The number of fused-ring (bicyclic) bond motifs is 5. The summed E-state index contributed by atoms with van der Waals surface area (Å²) >= 11 is 0. The van der Waals surface area contributed by atoms with Crippen molar-refractivity contribution in [2.75, 3.05) is 6.54 Å². The summed E-state index contributed by atoms with van der Waals surface area (Å²) in [6.45, 7) is 6.24. The lowest BCUT2D eigenvalue weighted by Gasteiger charge is -2.60. The molecule has 2 N–H and O–H groups in total. The summed E-state index contributed by atoms with van der Waals surface area (Å²) < 4.78 is 5.88. The van der Waals surface area contributed by atoms with E-state index in [1.165, 1.54) is 32.1 Å².